The van der Waals surface area contributed by atoms with Crippen LogP contribution in [0.2, 0.25) is 0 Å². The minimum Gasteiger partial charge on any atom is -0.478 e. The first-order chi connectivity index (χ1) is 9.90. The van der Waals surface area contributed by atoms with Crippen molar-refractivity contribution in [2.45, 2.75) is 33.7 Å². The molecule has 0 bridgehead atoms. The third-order valence-electron chi connectivity index (χ3n) is 3.12. The molecular weight excluding hydrogens is 286 g/mol. The summed E-state index contributed by atoms with van der Waals surface area (Å²) in [6, 6.07) is 0.300. The van der Waals surface area contributed by atoms with Crippen LogP contribution in [0.5, 0.6) is 0 Å². The van der Waals surface area contributed by atoms with E-state index in [2.05, 4.69) is 37.6 Å². The van der Waals surface area contributed by atoms with Crippen LogP contribution in [0.25, 0.3) is 11.0 Å². The lowest BCUT2D eigenvalue weighted by molar-refractivity contribution is -0.131. The summed E-state index contributed by atoms with van der Waals surface area (Å²) in [6.45, 7) is 9.47. The van der Waals surface area contributed by atoms with E-state index in [9.17, 15) is 4.79 Å². The molecule has 6 heteroatoms. The highest BCUT2D eigenvalue weighted by Gasteiger charge is 2.20. The van der Waals surface area contributed by atoms with Crippen molar-refractivity contribution in [2.75, 3.05) is 11.4 Å². The summed E-state index contributed by atoms with van der Waals surface area (Å²) >= 11 is 1.55. The molecule has 0 fully saturated rings. The summed E-state index contributed by atoms with van der Waals surface area (Å²) in [4.78, 5) is 18.6. The van der Waals surface area contributed by atoms with Gasteiger partial charge < -0.3 is 10.0 Å². The molecule has 0 atom stereocenters. The van der Waals surface area contributed by atoms with E-state index in [4.69, 9.17) is 5.11 Å². The molecule has 0 amide bonds. The highest BCUT2D eigenvalue weighted by Crippen LogP contribution is 2.28. The third kappa shape index (κ3) is 3.44. The standard InChI is InChI=1S/C15H21N3O2S/c1-10(2)9-18(11(3)4)14-12(5-6-13(19)20)17-7-8-21-15(17)16-14/h5-8,10-11H,9H2,1-4H3,(H,19,20). The van der Waals surface area contributed by atoms with Crippen molar-refractivity contribution in [3.63, 3.8) is 0 Å². The Bertz CT molecular complexity index is 655. The van der Waals surface area contributed by atoms with E-state index in [1.807, 2.05) is 16.0 Å². The van der Waals surface area contributed by atoms with Gasteiger partial charge in [0.1, 0.15) is 0 Å². The van der Waals surface area contributed by atoms with Gasteiger partial charge in [0.2, 0.25) is 0 Å². The maximum absolute atomic E-state index is 10.8. The van der Waals surface area contributed by atoms with Gasteiger partial charge in [-0.3, -0.25) is 4.40 Å². The van der Waals surface area contributed by atoms with Crippen LogP contribution < -0.4 is 4.90 Å². The summed E-state index contributed by atoms with van der Waals surface area (Å²) in [7, 11) is 0. The number of hydrogen-bond acceptors (Lipinski definition) is 4. The Morgan fingerprint density at radius 1 is 1.48 bits per heavy atom. The van der Waals surface area contributed by atoms with E-state index >= 15 is 0 Å². The Morgan fingerprint density at radius 3 is 2.76 bits per heavy atom. The largest absolute Gasteiger partial charge is 0.478 e. The van der Waals surface area contributed by atoms with Gasteiger partial charge in [0, 0.05) is 30.2 Å². The number of nitrogens with zero attached hydrogens (tertiary/aromatic N) is 3. The zero-order valence-corrected chi connectivity index (χ0v) is 13.6. The van der Waals surface area contributed by atoms with E-state index < -0.39 is 5.97 Å². The van der Waals surface area contributed by atoms with Crippen molar-refractivity contribution in [3.05, 3.63) is 23.3 Å². The molecule has 0 radical (unpaired) electrons. The molecule has 1 N–H and O–H groups in total. The molecule has 0 aliphatic carbocycles. The van der Waals surface area contributed by atoms with Gasteiger partial charge in [-0.15, -0.1) is 11.3 Å². The molecule has 5 nitrogen and oxygen atoms in total. The fourth-order valence-electron chi connectivity index (χ4n) is 2.24. The molecule has 0 unspecified atom stereocenters. The van der Waals surface area contributed by atoms with E-state index in [1.54, 1.807) is 17.4 Å². The van der Waals surface area contributed by atoms with Gasteiger partial charge in [-0.1, -0.05) is 13.8 Å². The normalized spacial score (nSPS) is 12.1. The van der Waals surface area contributed by atoms with E-state index in [0.717, 1.165) is 23.0 Å². The van der Waals surface area contributed by atoms with Crippen LogP contribution in [0.15, 0.2) is 17.7 Å². The third-order valence-corrected chi connectivity index (χ3v) is 3.88. The highest BCUT2D eigenvalue weighted by molar-refractivity contribution is 7.15. The average Bonchev–Trinajstić information content (AvgIpc) is 2.93. The number of hydrogen-bond donors (Lipinski definition) is 1. The number of carboxylic acids is 1. The molecule has 2 aromatic heterocycles. The molecule has 2 heterocycles. The van der Waals surface area contributed by atoms with Gasteiger partial charge in [-0.2, -0.15) is 0 Å². The monoisotopic (exact) mass is 307 g/mol. The predicted molar refractivity (Wildman–Crippen MR) is 87.1 cm³/mol. The molecule has 2 aromatic rings. The van der Waals surface area contributed by atoms with Crippen molar-refractivity contribution in [3.8, 4) is 0 Å². The molecular formula is C15H21N3O2S. The topological polar surface area (TPSA) is 57.8 Å². The Kier molecular flexibility index (Phi) is 4.67. The number of carboxylic acid groups (broad SMARTS) is 1. The SMILES string of the molecule is CC(C)CN(c1nc2sccn2c1C=CC(=O)O)C(C)C. The molecule has 0 saturated heterocycles. The summed E-state index contributed by atoms with van der Waals surface area (Å²) in [6.07, 6.45) is 4.71. The smallest absolute Gasteiger partial charge is 0.328 e. The number of fused-ring (bicyclic) bond motifs is 1. The van der Waals surface area contributed by atoms with Crippen molar-refractivity contribution < 1.29 is 9.90 Å². The Balaban J connectivity index is 2.52. The predicted octanol–water partition coefficient (Wildman–Crippen LogP) is 3.36. The average molecular weight is 307 g/mol. The summed E-state index contributed by atoms with van der Waals surface area (Å²) in [5, 5.41) is 10.8. The van der Waals surface area contributed by atoms with Crippen LogP contribution >= 0.6 is 11.3 Å². The van der Waals surface area contributed by atoms with Crippen molar-refractivity contribution in [2.24, 2.45) is 5.92 Å². The maximum Gasteiger partial charge on any atom is 0.328 e. The summed E-state index contributed by atoms with van der Waals surface area (Å²) < 4.78 is 1.94. The fraction of sp³-hybridized carbons (Fsp3) is 0.467. The first-order valence-corrected chi connectivity index (χ1v) is 7.91. The van der Waals surface area contributed by atoms with Gasteiger partial charge in [-0.25, -0.2) is 9.78 Å². The van der Waals surface area contributed by atoms with Crippen molar-refractivity contribution >= 4 is 34.2 Å². The molecule has 2 rings (SSSR count). The molecule has 0 spiro atoms. The van der Waals surface area contributed by atoms with Crippen LogP contribution in [0.4, 0.5) is 5.82 Å². The number of anilines is 1. The van der Waals surface area contributed by atoms with Gasteiger partial charge in [0.05, 0.1) is 5.69 Å². The second kappa shape index (κ2) is 6.30. The fourth-order valence-corrected chi connectivity index (χ4v) is 2.96. The van der Waals surface area contributed by atoms with Crippen LogP contribution in [0.3, 0.4) is 0 Å². The quantitative estimate of drug-likeness (QED) is 0.831. The molecule has 114 valence electrons. The Hall–Kier alpha value is -1.82. The first-order valence-electron chi connectivity index (χ1n) is 7.03. The summed E-state index contributed by atoms with van der Waals surface area (Å²) in [5.74, 6) is 0.401. The van der Waals surface area contributed by atoms with Crippen molar-refractivity contribution in [1.82, 2.24) is 9.38 Å². The number of aliphatic carboxylic acids is 1. The molecule has 0 aliphatic heterocycles. The van der Waals surface area contributed by atoms with Crippen LogP contribution in [-0.2, 0) is 4.79 Å². The van der Waals surface area contributed by atoms with Gasteiger partial charge >= 0.3 is 5.97 Å². The Morgan fingerprint density at radius 2 is 2.19 bits per heavy atom. The van der Waals surface area contributed by atoms with Gasteiger partial charge in [0.25, 0.3) is 0 Å². The highest BCUT2D eigenvalue weighted by atomic mass is 32.1. The zero-order valence-electron chi connectivity index (χ0n) is 12.8. The van der Waals surface area contributed by atoms with E-state index in [0.29, 0.717) is 12.0 Å². The number of rotatable bonds is 6. The first kappa shape index (κ1) is 15.6. The number of imidazole rings is 1. The Labute approximate surface area is 128 Å². The summed E-state index contributed by atoms with van der Waals surface area (Å²) in [5.41, 5.74) is 0.822. The number of thiazole rings is 1. The number of aromatic nitrogens is 2. The lowest BCUT2D eigenvalue weighted by Crippen LogP contribution is -2.35. The van der Waals surface area contributed by atoms with Crippen molar-refractivity contribution in [1.29, 1.82) is 0 Å². The molecule has 21 heavy (non-hydrogen) atoms. The van der Waals surface area contributed by atoms with Gasteiger partial charge in [-0.05, 0) is 25.8 Å². The zero-order chi connectivity index (χ0) is 15.6. The second-order valence-corrected chi connectivity index (χ2v) is 6.56. The van der Waals surface area contributed by atoms with Gasteiger partial charge in [0.15, 0.2) is 10.8 Å². The van der Waals surface area contributed by atoms with Crippen LogP contribution in [-0.4, -0.2) is 33.0 Å². The minimum absolute atomic E-state index is 0.300. The molecule has 0 aliphatic rings. The maximum atomic E-state index is 10.8. The number of carbonyl (C=O) groups is 1. The lowest BCUT2D eigenvalue weighted by Gasteiger charge is -2.29. The lowest BCUT2D eigenvalue weighted by atomic mass is 10.1. The molecule has 0 saturated carbocycles. The van der Waals surface area contributed by atoms with Crippen LogP contribution in [0, 0.1) is 5.92 Å². The van der Waals surface area contributed by atoms with E-state index in [1.165, 1.54) is 6.08 Å². The molecule has 0 aromatic carbocycles. The second-order valence-electron chi connectivity index (χ2n) is 5.69. The minimum atomic E-state index is -0.953. The van der Waals surface area contributed by atoms with E-state index in [-0.39, 0.29) is 0 Å². The van der Waals surface area contributed by atoms with Crippen LogP contribution in [0.1, 0.15) is 33.4 Å².